The molecule has 11 aliphatic rings. The molecule has 0 aromatic heterocycles. The van der Waals surface area contributed by atoms with Crippen molar-refractivity contribution >= 4 is 23.9 Å². The Labute approximate surface area is 534 Å². The van der Waals surface area contributed by atoms with Crippen molar-refractivity contribution in [2.45, 2.75) is 295 Å². The maximum absolute atomic E-state index is 12.0. The Morgan fingerprint density at radius 2 is 1.02 bits per heavy atom. The van der Waals surface area contributed by atoms with Crippen LogP contribution in [-0.2, 0) is 31.0 Å². The van der Waals surface area contributed by atoms with Crippen LogP contribution in [0.25, 0.3) is 0 Å². The number of benzene rings is 1. The van der Waals surface area contributed by atoms with Crippen molar-refractivity contribution in [1.29, 1.82) is 0 Å². The van der Waals surface area contributed by atoms with Crippen LogP contribution in [0.15, 0.2) is 52.6 Å². The quantitative estimate of drug-likeness (QED) is 0.188. The van der Waals surface area contributed by atoms with Gasteiger partial charge in [0.25, 0.3) is 0 Å². The molecule has 492 valence electrons. The number of fused-ring (bicyclic) bond motifs is 11. The Morgan fingerprint density at radius 1 is 0.489 bits per heavy atom. The van der Waals surface area contributed by atoms with Crippen molar-refractivity contribution in [3.8, 4) is 0 Å². The van der Waals surface area contributed by atoms with E-state index in [1.807, 2.05) is 27.7 Å². The minimum atomic E-state index is -0.606. The normalized spacial score (nSPS) is 41.5. The molecular formula is C80H124O8. The second-order valence-electron chi connectivity index (χ2n) is 35.0. The number of hydrogen-bond acceptors (Lipinski definition) is 4. The molecule has 1 aromatic carbocycles. The topological polar surface area (TPSA) is 149 Å². The van der Waals surface area contributed by atoms with Crippen LogP contribution in [0.3, 0.4) is 0 Å². The van der Waals surface area contributed by atoms with E-state index in [9.17, 15) is 39.6 Å². The maximum Gasteiger partial charge on any atom is 0.309 e. The summed E-state index contributed by atoms with van der Waals surface area (Å²) >= 11 is 0. The molecule has 8 nitrogen and oxygen atoms in total. The first-order valence-electron chi connectivity index (χ1n) is 36.3. The van der Waals surface area contributed by atoms with Crippen molar-refractivity contribution in [2.75, 3.05) is 0 Å². The molecule has 0 spiro atoms. The molecule has 0 heterocycles. The zero-order chi connectivity index (χ0) is 64.5. The highest BCUT2D eigenvalue weighted by Gasteiger charge is 2.62. The number of carbonyl (C=O) groups is 4. The molecule has 0 aliphatic heterocycles. The molecule has 8 heteroatoms. The molecule has 17 atom stereocenters. The highest BCUT2D eigenvalue weighted by atomic mass is 16.4. The van der Waals surface area contributed by atoms with Gasteiger partial charge in [-0.05, 0) is 296 Å². The number of aryl methyl sites for hydroxylation is 1. The first kappa shape index (κ1) is 68.7. The van der Waals surface area contributed by atoms with Crippen LogP contribution < -0.4 is 0 Å². The molecular weight excluding hydrogens is 1090 g/mol. The number of carboxylic acid groups (broad SMARTS) is 4. The molecule has 4 N–H and O–H groups in total. The van der Waals surface area contributed by atoms with Gasteiger partial charge in [-0.25, -0.2) is 0 Å². The van der Waals surface area contributed by atoms with Gasteiger partial charge in [0.15, 0.2) is 0 Å². The molecule has 1 aromatic rings. The van der Waals surface area contributed by atoms with Gasteiger partial charge in [0.1, 0.15) is 0 Å². The third kappa shape index (κ3) is 12.1. The van der Waals surface area contributed by atoms with E-state index in [-0.39, 0.29) is 33.5 Å². The van der Waals surface area contributed by atoms with Crippen LogP contribution in [0, 0.1) is 109 Å². The van der Waals surface area contributed by atoms with E-state index in [2.05, 4.69) is 113 Å². The molecule has 11 aliphatic carbocycles. The van der Waals surface area contributed by atoms with Gasteiger partial charge < -0.3 is 20.4 Å². The summed E-state index contributed by atoms with van der Waals surface area (Å²) in [4.78, 5) is 47.8. The lowest BCUT2D eigenvalue weighted by Crippen LogP contribution is -2.56. The monoisotopic (exact) mass is 1210 g/mol. The fraction of sp³-hybridized carbons (Fsp3) is 0.800. The summed E-state index contributed by atoms with van der Waals surface area (Å²) in [6, 6.07) is 6.92. The highest BCUT2D eigenvalue weighted by Crippen LogP contribution is 2.67. The van der Waals surface area contributed by atoms with Gasteiger partial charge in [0.2, 0.25) is 0 Å². The van der Waals surface area contributed by atoms with Crippen molar-refractivity contribution in [3.63, 3.8) is 0 Å². The Morgan fingerprint density at radius 3 is 1.59 bits per heavy atom. The van der Waals surface area contributed by atoms with E-state index in [0.717, 1.165) is 132 Å². The second kappa shape index (κ2) is 25.7. The first-order chi connectivity index (χ1) is 41.1. The summed E-state index contributed by atoms with van der Waals surface area (Å²) in [6.45, 7) is 36.0. The third-order valence-electron chi connectivity index (χ3n) is 29.2. The third-order valence-corrected chi connectivity index (χ3v) is 29.2. The SMILES string of the molecule is CC(C)C1=CC2=CCC3[C@](C)(CCC[C@@]3(C)C(=O)O)C2CC1.CC(C)C1CCC2=C(CCC3[C@](C)(C(=O)O)CCC[C@]23C)C1.CC(C)C1CCC2C(CCC3[C@]2(C)CCC[C@@]3(C)C(=O)O)C1.CC(C)c1ccc2c(c1)CCC1[C@](C)(C(=O)O)CCC[C@]21C. The van der Waals surface area contributed by atoms with E-state index < -0.39 is 45.5 Å². The summed E-state index contributed by atoms with van der Waals surface area (Å²) in [5, 5.41) is 39.4. The van der Waals surface area contributed by atoms with Gasteiger partial charge in [-0.1, -0.05) is 156 Å². The summed E-state index contributed by atoms with van der Waals surface area (Å²) in [5.74, 6) is 5.66. The van der Waals surface area contributed by atoms with E-state index >= 15 is 0 Å². The minimum Gasteiger partial charge on any atom is -0.481 e. The Balaban J connectivity index is 0.000000140. The predicted octanol–water partition coefficient (Wildman–Crippen LogP) is 20.9. The van der Waals surface area contributed by atoms with Gasteiger partial charge in [-0.15, -0.1) is 0 Å². The smallest absolute Gasteiger partial charge is 0.309 e. The largest absolute Gasteiger partial charge is 0.481 e. The fourth-order valence-corrected chi connectivity index (χ4v) is 23.5. The zero-order valence-corrected chi connectivity index (χ0v) is 58.4. The number of hydrogen-bond donors (Lipinski definition) is 4. The highest BCUT2D eigenvalue weighted by molar-refractivity contribution is 5.77. The van der Waals surface area contributed by atoms with Gasteiger partial charge in [0, 0.05) is 0 Å². The lowest BCUT2D eigenvalue weighted by atomic mass is 9.43. The van der Waals surface area contributed by atoms with Crippen LogP contribution in [0.1, 0.15) is 300 Å². The Bertz CT molecular complexity index is 2850. The van der Waals surface area contributed by atoms with Gasteiger partial charge in [0.05, 0.1) is 21.7 Å². The van der Waals surface area contributed by atoms with Gasteiger partial charge in [-0.2, -0.15) is 0 Å². The summed E-state index contributed by atoms with van der Waals surface area (Å²) in [5.41, 5.74) is 9.24. The maximum atomic E-state index is 12.0. The standard InChI is InChI=1S/C20H34O2.C20H32O2.C20H30O2.C20H28O2/c4*1-13(2)14-6-8-16-15(12-14)7-9-17-19(16,3)10-5-11-20(17,4)18(21)22/h13-17H,5-12H2,1-4H3,(H,21,22);13-14,17H,5-12H2,1-4H3,(H,21,22);7,12-13,16-17H,5-6,8-11H2,1-4H3,(H,21,22);6,8,12-13,17H,5,7,9-11H2,1-4H3,(H,21,22)/t14?,15?,16?,17?,19-,20-;14?,17?,19-,20-;16?,17?,19-,20-;17?,19-,20-/m1111/s1. The van der Waals surface area contributed by atoms with Gasteiger partial charge >= 0.3 is 23.9 Å². The molecule has 0 saturated heterocycles. The van der Waals surface area contributed by atoms with Gasteiger partial charge in [-0.3, -0.25) is 19.2 Å². The predicted molar refractivity (Wildman–Crippen MR) is 358 cm³/mol. The number of rotatable bonds is 8. The first-order valence-corrected chi connectivity index (χ1v) is 36.3. The van der Waals surface area contributed by atoms with E-state index in [1.165, 1.54) is 99.3 Å². The zero-order valence-electron chi connectivity index (χ0n) is 58.4. The molecule has 6 saturated carbocycles. The van der Waals surface area contributed by atoms with E-state index in [4.69, 9.17) is 0 Å². The molecule has 0 radical (unpaired) electrons. The number of carboxylic acids is 4. The average molecular weight is 1210 g/mol. The lowest BCUT2D eigenvalue weighted by molar-refractivity contribution is -0.173. The molecule has 0 amide bonds. The minimum absolute atomic E-state index is 0.0223. The molecule has 9 unspecified atom stereocenters. The molecule has 6 fully saturated rings. The van der Waals surface area contributed by atoms with Crippen LogP contribution in [-0.4, -0.2) is 44.3 Å². The average Bonchev–Trinajstić information content (AvgIpc) is 1.08. The van der Waals surface area contributed by atoms with Crippen LogP contribution >= 0.6 is 0 Å². The van der Waals surface area contributed by atoms with Crippen molar-refractivity contribution < 1.29 is 39.6 Å². The molecule has 0 bridgehead atoms. The molecule has 12 rings (SSSR count). The van der Waals surface area contributed by atoms with Crippen molar-refractivity contribution in [2.24, 2.45) is 109 Å². The van der Waals surface area contributed by atoms with Crippen LogP contribution in [0.2, 0.25) is 0 Å². The van der Waals surface area contributed by atoms with Crippen molar-refractivity contribution in [3.05, 3.63) is 69.3 Å². The second-order valence-corrected chi connectivity index (χ2v) is 35.0. The van der Waals surface area contributed by atoms with E-state index in [1.54, 1.807) is 16.7 Å². The van der Waals surface area contributed by atoms with Crippen LogP contribution in [0.5, 0.6) is 0 Å². The fourth-order valence-electron chi connectivity index (χ4n) is 23.5. The number of aliphatic carboxylic acids is 4. The summed E-state index contributed by atoms with van der Waals surface area (Å²) < 4.78 is 0. The van der Waals surface area contributed by atoms with E-state index in [0.29, 0.717) is 29.6 Å². The Hall–Kier alpha value is -3.68. The lowest BCUT2D eigenvalue weighted by Gasteiger charge is -2.60. The molecule has 88 heavy (non-hydrogen) atoms. The summed E-state index contributed by atoms with van der Waals surface area (Å²) in [6.07, 6.45) is 35.2. The summed E-state index contributed by atoms with van der Waals surface area (Å²) in [7, 11) is 0. The Kier molecular flexibility index (Phi) is 20.0. The van der Waals surface area contributed by atoms with Crippen molar-refractivity contribution in [1.82, 2.24) is 0 Å². The van der Waals surface area contributed by atoms with Crippen LogP contribution in [0.4, 0.5) is 0 Å². The number of allylic oxidation sites excluding steroid dienone is 6.